The summed E-state index contributed by atoms with van der Waals surface area (Å²) in [4.78, 5) is 24.7. The number of carbonyl (C=O) groups excluding carboxylic acids is 2. The molecule has 1 atom stereocenters. The van der Waals surface area contributed by atoms with Crippen LogP contribution in [0, 0.1) is 0 Å². The first kappa shape index (κ1) is 43.6. The quantitative estimate of drug-likeness (QED) is 0.0537. The lowest BCUT2D eigenvalue weighted by atomic mass is 10.1. The van der Waals surface area contributed by atoms with Gasteiger partial charge in [0.1, 0.15) is 12.7 Å². The third-order valence-electron chi connectivity index (χ3n) is 8.10. The monoisotopic (exact) mass is 644 g/mol. The molecule has 8 nitrogen and oxygen atoms in total. The van der Waals surface area contributed by atoms with Gasteiger partial charge in [0, 0.05) is 20.1 Å². The second-order valence-corrected chi connectivity index (χ2v) is 12.5. The summed E-state index contributed by atoms with van der Waals surface area (Å²) in [5.74, 6) is -0.230. The van der Waals surface area contributed by atoms with E-state index in [9.17, 15) is 9.59 Å². The van der Waals surface area contributed by atoms with Crippen molar-refractivity contribution < 1.29 is 33.3 Å². The first-order valence-electron chi connectivity index (χ1n) is 18.9. The van der Waals surface area contributed by atoms with Crippen molar-refractivity contribution in [2.75, 3.05) is 53.3 Å². The second kappa shape index (κ2) is 37.1. The number of rotatable bonds is 36. The van der Waals surface area contributed by atoms with Crippen LogP contribution in [0.4, 0.5) is 4.79 Å². The molecule has 1 amide bonds. The molecular weight excluding hydrogens is 570 g/mol. The van der Waals surface area contributed by atoms with E-state index in [1.807, 2.05) is 0 Å². The van der Waals surface area contributed by atoms with Crippen molar-refractivity contribution in [3.05, 3.63) is 0 Å². The van der Waals surface area contributed by atoms with Gasteiger partial charge in [0.25, 0.3) is 0 Å². The number of carbonyl (C=O) groups is 2. The Bertz CT molecular complexity index is 620. The van der Waals surface area contributed by atoms with Crippen molar-refractivity contribution in [2.24, 2.45) is 0 Å². The van der Waals surface area contributed by atoms with Crippen LogP contribution in [0.25, 0.3) is 0 Å². The molecule has 0 aliphatic carbocycles. The Hall–Kier alpha value is -1.38. The van der Waals surface area contributed by atoms with Crippen molar-refractivity contribution in [1.82, 2.24) is 5.32 Å². The first-order valence-corrected chi connectivity index (χ1v) is 18.9. The van der Waals surface area contributed by atoms with E-state index in [1.165, 1.54) is 116 Å². The van der Waals surface area contributed by atoms with Gasteiger partial charge >= 0.3 is 12.1 Å². The van der Waals surface area contributed by atoms with E-state index >= 15 is 0 Å². The third-order valence-corrected chi connectivity index (χ3v) is 8.10. The fourth-order valence-electron chi connectivity index (χ4n) is 5.26. The number of hydrogen-bond acceptors (Lipinski definition) is 7. The molecular formula is C37H73NO7. The van der Waals surface area contributed by atoms with Gasteiger partial charge in [-0.1, -0.05) is 149 Å². The van der Waals surface area contributed by atoms with Gasteiger partial charge in [-0.05, 0) is 12.8 Å². The average molecular weight is 644 g/mol. The van der Waals surface area contributed by atoms with Crippen molar-refractivity contribution in [2.45, 2.75) is 174 Å². The van der Waals surface area contributed by atoms with E-state index in [0.29, 0.717) is 32.8 Å². The fraction of sp³-hybridized carbons (Fsp3) is 0.946. The van der Waals surface area contributed by atoms with Crippen LogP contribution >= 0.6 is 0 Å². The molecule has 0 bridgehead atoms. The molecule has 0 aromatic heterocycles. The van der Waals surface area contributed by atoms with Gasteiger partial charge in [-0.3, -0.25) is 4.79 Å². The summed E-state index contributed by atoms with van der Waals surface area (Å²) >= 11 is 0. The summed E-state index contributed by atoms with van der Waals surface area (Å²) in [5.41, 5.74) is 0. The van der Waals surface area contributed by atoms with Crippen LogP contribution in [-0.4, -0.2) is 71.5 Å². The summed E-state index contributed by atoms with van der Waals surface area (Å²) in [5, 5.41) is 2.70. The minimum atomic E-state index is -0.558. The van der Waals surface area contributed by atoms with E-state index in [4.69, 9.17) is 23.7 Å². The summed E-state index contributed by atoms with van der Waals surface area (Å²) in [6.07, 6.45) is 28.5. The molecule has 0 rings (SSSR count). The topological polar surface area (TPSA) is 92.3 Å². The number of hydrogen-bond donors (Lipinski definition) is 1. The highest BCUT2D eigenvalue weighted by Crippen LogP contribution is 2.14. The Labute approximate surface area is 277 Å². The number of ether oxygens (including phenoxy) is 5. The molecule has 1 unspecified atom stereocenters. The Balaban J connectivity index is 4.14. The molecule has 0 heterocycles. The molecule has 0 saturated carbocycles. The van der Waals surface area contributed by atoms with Crippen LogP contribution in [0.15, 0.2) is 0 Å². The molecule has 0 saturated heterocycles. The zero-order chi connectivity index (χ0) is 32.9. The highest BCUT2D eigenvalue weighted by atomic mass is 16.6. The van der Waals surface area contributed by atoms with Gasteiger partial charge in [0.2, 0.25) is 0 Å². The van der Waals surface area contributed by atoms with E-state index in [0.717, 1.165) is 32.1 Å². The van der Waals surface area contributed by atoms with Gasteiger partial charge < -0.3 is 29.0 Å². The molecule has 0 fully saturated rings. The lowest BCUT2D eigenvalue weighted by molar-refractivity contribution is -0.152. The van der Waals surface area contributed by atoms with Gasteiger partial charge in [-0.15, -0.1) is 0 Å². The number of unbranched alkanes of at least 4 members (excludes halogenated alkanes) is 21. The van der Waals surface area contributed by atoms with Gasteiger partial charge in [-0.25, -0.2) is 4.79 Å². The molecule has 0 aliphatic heterocycles. The highest BCUT2D eigenvalue weighted by Gasteiger charge is 2.17. The maximum atomic E-state index is 12.6. The largest absolute Gasteiger partial charge is 0.458 e. The average Bonchev–Trinajstić information content (AvgIpc) is 3.04. The number of alkyl carbamates (subject to hydrolysis) is 1. The Morgan fingerprint density at radius 2 is 1.00 bits per heavy atom. The van der Waals surface area contributed by atoms with Crippen LogP contribution in [0.5, 0.6) is 0 Å². The molecule has 8 heteroatoms. The van der Waals surface area contributed by atoms with Gasteiger partial charge in [0.15, 0.2) is 0 Å². The molecule has 0 spiro atoms. The third kappa shape index (κ3) is 35.3. The maximum absolute atomic E-state index is 12.6. The summed E-state index contributed by atoms with van der Waals surface area (Å²) in [6, 6.07) is 0. The Morgan fingerprint density at radius 3 is 1.51 bits per heavy atom. The summed E-state index contributed by atoms with van der Waals surface area (Å²) < 4.78 is 27.0. The van der Waals surface area contributed by atoms with Gasteiger partial charge in [-0.2, -0.15) is 0 Å². The Kier molecular flexibility index (Phi) is 35.9. The Morgan fingerprint density at radius 1 is 0.533 bits per heavy atom. The molecule has 0 aliphatic rings. The summed E-state index contributed by atoms with van der Waals surface area (Å²) in [6.45, 7) is 6.97. The maximum Gasteiger partial charge on any atom is 0.407 e. The molecule has 1 N–H and O–H groups in total. The van der Waals surface area contributed by atoms with Crippen molar-refractivity contribution in [1.29, 1.82) is 0 Å². The van der Waals surface area contributed by atoms with Crippen molar-refractivity contribution >= 4 is 12.1 Å². The van der Waals surface area contributed by atoms with E-state index in [-0.39, 0.29) is 25.7 Å². The minimum absolute atomic E-state index is 0.147. The van der Waals surface area contributed by atoms with Crippen LogP contribution < -0.4 is 5.32 Å². The van der Waals surface area contributed by atoms with Crippen LogP contribution in [0.3, 0.4) is 0 Å². The predicted octanol–water partition coefficient (Wildman–Crippen LogP) is 9.71. The first-order chi connectivity index (χ1) is 22.1. The molecule has 0 radical (unpaired) electrons. The number of nitrogens with one attached hydrogen (secondary N) is 1. The van der Waals surface area contributed by atoms with E-state index in [2.05, 4.69) is 19.2 Å². The number of amides is 1. The standard InChI is InChI=1S/C37H73NO7/c1-4-6-8-10-12-14-16-18-20-22-24-26-28-43-34-35(33-38-37(40)44-32-31-42-30-29-41-3)45-36(39)27-25-23-21-19-17-15-13-11-9-7-5-2/h35H,4-34H2,1-3H3,(H,38,40). The zero-order valence-corrected chi connectivity index (χ0v) is 29.9. The van der Waals surface area contributed by atoms with Crippen LogP contribution in [0.1, 0.15) is 168 Å². The van der Waals surface area contributed by atoms with Crippen LogP contribution in [-0.2, 0) is 28.5 Å². The van der Waals surface area contributed by atoms with E-state index < -0.39 is 12.2 Å². The lowest BCUT2D eigenvalue weighted by Crippen LogP contribution is -2.38. The van der Waals surface area contributed by atoms with Gasteiger partial charge in [0.05, 0.1) is 33.0 Å². The smallest absolute Gasteiger partial charge is 0.407 e. The van der Waals surface area contributed by atoms with Crippen molar-refractivity contribution in [3.8, 4) is 0 Å². The molecule has 0 aromatic carbocycles. The summed E-state index contributed by atoms with van der Waals surface area (Å²) in [7, 11) is 1.61. The fourth-order valence-corrected chi connectivity index (χ4v) is 5.26. The molecule has 45 heavy (non-hydrogen) atoms. The number of esters is 1. The van der Waals surface area contributed by atoms with Crippen molar-refractivity contribution in [3.63, 3.8) is 0 Å². The second-order valence-electron chi connectivity index (χ2n) is 12.5. The lowest BCUT2D eigenvalue weighted by Gasteiger charge is -2.19. The minimum Gasteiger partial charge on any atom is -0.458 e. The number of methoxy groups -OCH3 is 1. The van der Waals surface area contributed by atoms with Crippen LogP contribution in [0.2, 0.25) is 0 Å². The normalized spacial score (nSPS) is 11.9. The molecule has 0 aromatic rings. The molecule has 268 valence electrons. The predicted molar refractivity (Wildman–Crippen MR) is 185 cm³/mol. The zero-order valence-electron chi connectivity index (χ0n) is 29.9. The SMILES string of the molecule is CCCCCCCCCCCCCCOCC(CNC(=O)OCCOCCOC)OC(=O)CCCCCCCCCCCCC. The highest BCUT2D eigenvalue weighted by molar-refractivity contribution is 5.70. The van der Waals surface area contributed by atoms with E-state index in [1.54, 1.807) is 7.11 Å².